The number of fused-ring (bicyclic) bond motifs is 1. The second kappa shape index (κ2) is 7.42. The summed E-state index contributed by atoms with van der Waals surface area (Å²) in [4.78, 5) is 23.5. The summed E-state index contributed by atoms with van der Waals surface area (Å²) < 4.78 is 48.0. The predicted molar refractivity (Wildman–Crippen MR) is 84.1 cm³/mol. The summed E-state index contributed by atoms with van der Waals surface area (Å²) in [6.45, 7) is 1.92. The van der Waals surface area contributed by atoms with Crippen LogP contribution in [-0.4, -0.2) is 31.8 Å². The van der Waals surface area contributed by atoms with E-state index in [2.05, 4.69) is 4.74 Å². The number of ether oxygens (including phenoxy) is 2. The van der Waals surface area contributed by atoms with Gasteiger partial charge in [0.25, 0.3) is 0 Å². The molecule has 2 rings (SSSR count). The molecule has 25 heavy (non-hydrogen) atoms. The summed E-state index contributed by atoms with van der Waals surface area (Å²) >= 11 is 0. The predicted octanol–water partition coefficient (Wildman–Crippen LogP) is 3.13. The molecule has 1 atom stereocenters. The zero-order valence-corrected chi connectivity index (χ0v) is 13.5. The van der Waals surface area contributed by atoms with Gasteiger partial charge in [-0.05, 0) is 23.8 Å². The van der Waals surface area contributed by atoms with Crippen molar-refractivity contribution < 1.29 is 32.2 Å². The molecule has 0 aliphatic carbocycles. The molecule has 0 aliphatic heterocycles. The molecule has 0 spiro atoms. The van der Waals surface area contributed by atoms with Gasteiger partial charge < -0.3 is 14.8 Å². The van der Waals surface area contributed by atoms with Crippen molar-refractivity contribution >= 4 is 22.6 Å². The van der Waals surface area contributed by atoms with E-state index in [9.17, 15) is 22.8 Å². The molecule has 0 saturated heterocycles. The van der Waals surface area contributed by atoms with E-state index < -0.39 is 24.1 Å². The van der Waals surface area contributed by atoms with Crippen LogP contribution in [0.5, 0.6) is 5.75 Å². The second-order valence-electron chi connectivity index (χ2n) is 5.06. The summed E-state index contributed by atoms with van der Waals surface area (Å²) in [6.07, 6.45) is -5.14. The minimum atomic E-state index is -5.14. The maximum Gasteiger partial charge on any atom is 0.471 e. The Morgan fingerprint density at radius 3 is 2.44 bits per heavy atom. The number of amides is 1. The number of benzene rings is 2. The van der Waals surface area contributed by atoms with Crippen LogP contribution in [0.3, 0.4) is 0 Å². The molecule has 0 saturated carbocycles. The second-order valence-corrected chi connectivity index (χ2v) is 5.06. The Balaban J connectivity index is 2.64. The Hall–Kier alpha value is -2.77. The third-order valence-electron chi connectivity index (χ3n) is 3.49. The number of esters is 1. The number of hydrogen-bond acceptors (Lipinski definition) is 4. The zero-order valence-electron chi connectivity index (χ0n) is 13.5. The molecule has 0 radical (unpaired) electrons. The van der Waals surface area contributed by atoms with Gasteiger partial charge in [-0.2, -0.15) is 13.2 Å². The average molecular weight is 355 g/mol. The molecule has 1 amide bonds. The highest BCUT2D eigenvalue weighted by Gasteiger charge is 2.42. The molecule has 8 heteroatoms. The van der Waals surface area contributed by atoms with Crippen LogP contribution in [0.1, 0.15) is 18.5 Å². The van der Waals surface area contributed by atoms with E-state index in [4.69, 9.17) is 4.74 Å². The smallest absolute Gasteiger partial charge is 0.471 e. The molecule has 134 valence electrons. The van der Waals surface area contributed by atoms with Gasteiger partial charge in [-0.25, -0.2) is 4.79 Å². The molecule has 0 heterocycles. The highest BCUT2D eigenvalue weighted by molar-refractivity contribution is 5.95. The van der Waals surface area contributed by atoms with E-state index in [1.165, 1.54) is 6.07 Å². The molecular weight excluding hydrogens is 339 g/mol. The first kappa shape index (κ1) is 18.6. The monoisotopic (exact) mass is 355 g/mol. The van der Waals surface area contributed by atoms with Crippen molar-refractivity contribution in [3.05, 3.63) is 42.0 Å². The Kier molecular flexibility index (Phi) is 5.51. The van der Waals surface area contributed by atoms with E-state index in [0.29, 0.717) is 10.8 Å². The molecule has 1 unspecified atom stereocenters. The number of hydrogen-bond donors (Lipinski definition) is 1. The normalized spacial score (nSPS) is 12.5. The Bertz CT molecular complexity index is 789. The van der Waals surface area contributed by atoms with Crippen LogP contribution in [0.25, 0.3) is 10.8 Å². The molecule has 2 aromatic carbocycles. The lowest BCUT2D eigenvalue weighted by atomic mass is 9.97. The third-order valence-corrected chi connectivity index (χ3v) is 3.49. The maximum absolute atomic E-state index is 12.7. The van der Waals surface area contributed by atoms with Gasteiger partial charge in [0.05, 0.1) is 13.7 Å². The first-order valence-corrected chi connectivity index (χ1v) is 7.39. The van der Waals surface area contributed by atoms with Crippen molar-refractivity contribution in [2.24, 2.45) is 0 Å². The molecular formula is C17H16F3NO4. The topological polar surface area (TPSA) is 64.6 Å². The van der Waals surface area contributed by atoms with Crippen LogP contribution < -0.4 is 10.1 Å². The van der Waals surface area contributed by atoms with Crippen LogP contribution in [0, 0.1) is 0 Å². The van der Waals surface area contributed by atoms with Gasteiger partial charge in [0, 0.05) is 5.56 Å². The van der Waals surface area contributed by atoms with Gasteiger partial charge in [0.15, 0.2) is 6.04 Å². The fourth-order valence-electron chi connectivity index (χ4n) is 2.43. The lowest BCUT2D eigenvalue weighted by Crippen LogP contribution is -2.42. The number of carbonyl (C=O) groups excluding carboxylic acids is 2. The van der Waals surface area contributed by atoms with Gasteiger partial charge in [0.2, 0.25) is 0 Å². The lowest BCUT2D eigenvalue weighted by Gasteiger charge is -2.22. The molecule has 0 aromatic heterocycles. The lowest BCUT2D eigenvalue weighted by molar-refractivity contribution is -0.175. The van der Waals surface area contributed by atoms with Crippen molar-refractivity contribution in [2.45, 2.75) is 19.1 Å². The highest BCUT2D eigenvalue weighted by Crippen LogP contribution is 2.34. The molecule has 5 nitrogen and oxygen atoms in total. The Morgan fingerprint density at radius 2 is 1.84 bits per heavy atom. The number of halogens is 3. The standard InChI is InChI=1S/C17H16F3NO4/c1-3-25-12-9-8-10-6-4-5-7-11(10)13(12)14(15(22)24-2)21-16(23)17(18,19)20/h4-9,14H,3H2,1-2H3,(H,21,23). The first-order valence-electron chi connectivity index (χ1n) is 7.39. The van der Waals surface area contributed by atoms with Crippen molar-refractivity contribution in [3.8, 4) is 5.75 Å². The molecule has 0 bridgehead atoms. The summed E-state index contributed by atoms with van der Waals surface area (Å²) in [6, 6.07) is 8.36. The quantitative estimate of drug-likeness (QED) is 0.837. The van der Waals surface area contributed by atoms with Crippen LogP contribution in [0.2, 0.25) is 0 Å². The summed E-state index contributed by atoms with van der Waals surface area (Å²) in [7, 11) is 1.03. The number of nitrogens with one attached hydrogen (secondary N) is 1. The van der Waals surface area contributed by atoms with Gasteiger partial charge in [-0.3, -0.25) is 4.79 Å². The highest BCUT2D eigenvalue weighted by atomic mass is 19.4. The van der Waals surface area contributed by atoms with Crippen LogP contribution in [0.4, 0.5) is 13.2 Å². The third kappa shape index (κ3) is 4.01. The molecule has 0 aliphatic rings. The SMILES string of the molecule is CCOc1ccc2ccccc2c1C(NC(=O)C(F)(F)F)C(=O)OC. The average Bonchev–Trinajstić information content (AvgIpc) is 2.58. The van der Waals surface area contributed by atoms with Crippen molar-refractivity contribution in [2.75, 3.05) is 13.7 Å². The Morgan fingerprint density at radius 1 is 1.16 bits per heavy atom. The zero-order chi connectivity index (χ0) is 18.6. The van der Waals surface area contributed by atoms with Gasteiger partial charge in [-0.15, -0.1) is 0 Å². The minimum absolute atomic E-state index is 0.115. The van der Waals surface area contributed by atoms with Gasteiger partial charge in [0.1, 0.15) is 5.75 Å². The Labute approximate surface area is 141 Å². The number of carbonyl (C=O) groups is 2. The maximum atomic E-state index is 12.7. The first-order chi connectivity index (χ1) is 11.8. The number of alkyl halides is 3. The largest absolute Gasteiger partial charge is 0.493 e. The van der Waals surface area contributed by atoms with Crippen molar-refractivity contribution in [1.82, 2.24) is 5.32 Å². The van der Waals surface area contributed by atoms with E-state index in [0.717, 1.165) is 7.11 Å². The van der Waals surface area contributed by atoms with E-state index >= 15 is 0 Å². The molecule has 0 fully saturated rings. The van der Waals surface area contributed by atoms with Crippen molar-refractivity contribution in [3.63, 3.8) is 0 Å². The number of methoxy groups -OCH3 is 1. The van der Waals surface area contributed by atoms with E-state index in [1.54, 1.807) is 42.6 Å². The summed E-state index contributed by atoms with van der Waals surface area (Å²) in [5.74, 6) is -3.08. The number of rotatable bonds is 5. The summed E-state index contributed by atoms with van der Waals surface area (Å²) in [5.41, 5.74) is 0.115. The fraction of sp³-hybridized carbons (Fsp3) is 0.294. The van der Waals surface area contributed by atoms with Gasteiger partial charge in [-0.1, -0.05) is 30.3 Å². The minimum Gasteiger partial charge on any atom is -0.493 e. The van der Waals surface area contributed by atoms with Crippen LogP contribution in [0.15, 0.2) is 36.4 Å². The molecule has 1 N–H and O–H groups in total. The van der Waals surface area contributed by atoms with E-state index in [-0.39, 0.29) is 17.9 Å². The van der Waals surface area contributed by atoms with Crippen LogP contribution >= 0.6 is 0 Å². The van der Waals surface area contributed by atoms with Gasteiger partial charge >= 0.3 is 18.1 Å². The van der Waals surface area contributed by atoms with Crippen LogP contribution in [-0.2, 0) is 14.3 Å². The summed E-state index contributed by atoms with van der Waals surface area (Å²) in [5, 5.41) is 2.85. The molecule has 2 aromatic rings. The van der Waals surface area contributed by atoms with E-state index in [1.807, 2.05) is 0 Å². The fourth-order valence-corrected chi connectivity index (χ4v) is 2.43. The van der Waals surface area contributed by atoms with Crippen molar-refractivity contribution in [1.29, 1.82) is 0 Å².